The fourth-order valence-corrected chi connectivity index (χ4v) is 2.68. The molecule has 2 rings (SSSR count). The minimum absolute atomic E-state index is 0.481. The molecule has 0 radical (unpaired) electrons. The van der Waals surface area contributed by atoms with Gasteiger partial charge in [-0.15, -0.1) is 0 Å². The third-order valence-electron chi connectivity index (χ3n) is 3.74. The Morgan fingerprint density at radius 3 is 2.89 bits per heavy atom. The van der Waals surface area contributed by atoms with Gasteiger partial charge < -0.3 is 10.3 Å². The van der Waals surface area contributed by atoms with E-state index in [0.717, 1.165) is 11.4 Å². The molecule has 1 aliphatic rings. The monoisotopic (exact) mass is 278 g/mol. The molecule has 0 unspecified atom stereocenters. The third-order valence-corrected chi connectivity index (χ3v) is 3.95. The van der Waals surface area contributed by atoms with Crippen molar-refractivity contribution in [2.45, 2.75) is 45.6 Å². The van der Waals surface area contributed by atoms with Gasteiger partial charge in [-0.1, -0.05) is 19.8 Å². The largest absolute Gasteiger partial charge is 0.360 e. The topological polar surface area (TPSA) is 52.2 Å². The molecule has 0 saturated heterocycles. The zero-order valence-corrected chi connectivity index (χ0v) is 12.4. The van der Waals surface area contributed by atoms with E-state index in [0.29, 0.717) is 17.1 Å². The van der Waals surface area contributed by atoms with E-state index < -0.39 is 0 Å². The molecule has 0 spiro atoms. The lowest BCUT2D eigenvalue weighted by molar-refractivity contribution is 0.308. The summed E-state index contributed by atoms with van der Waals surface area (Å²) in [5, 5.41) is 8.28. The molecule has 1 aliphatic carbocycles. The number of hydrazone groups is 1. The number of aromatic amines is 1. The van der Waals surface area contributed by atoms with E-state index in [4.69, 9.17) is 12.2 Å². The van der Waals surface area contributed by atoms with Crippen LogP contribution in [-0.2, 0) is 0 Å². The van der Waals surface area contributed by atoms with Gasteiger partial charge in [-0.05, 0) is 50.0 Å². The second-order valence-corrected chi connectivity index (χ2v) is 5.64. The average Bonchev–Trinajstić information content (AvgIpc) is 2.93. The Morgan fingerprint density at radius 1 is 1.42 bits per heavy atom. The quantitative estimate of drug-likeness (QED) is 0.453. The Morgan fingerprint density at radius 2 is 2.21 bits per heavy atom. The van der Waals surface area contributed by atoms with Gasteiger partial charge >= 0.3 is 0 Å². The van der Waals surface area contributed by atoms with Crippen molar-refractivity contribution in [2.75, 3.05) is 0 Å². The standard InChI is InChI=1S/C14H22N4S/c1-10-6-3-4-7-12(10)16-14(19)18-17-11(2)13-8-5-9-15-13/h5,8-10,12,15H,3-4,6-7H2,1-2H3,(H2,16,18,19)/b17-11+/t10-,12-/m0/s1. The molecule has 3 N–H and O–H groups in total. The maximum Gasteiger partial charge on any atom is 0.187 e. The Balaban J connectivity index is 1.82. The number of aromatic nitrogens is 1. The third kappa shape index (κ3) is 4.06. The molecule has 104 valence electrons. The van der Waals surface area contributed by atoms with Crippen molar-refractivity contribution in [3.63, 3.8) is 0 Å². The summed E-state index contributed by atoms with van der Waals surface area (Å²) in [7, 11) is 0. The minimum atomic E-state index is 0.481. The first-order valence-corrected chi connectivity index (χ1v) is 7.32. The van der Waals surface area contributed by atoms with Crippen molar-refractivity contribution in [3.8, 4) is 0 Å². The number of H-pyrrole nitrogens is 1. The van der Waals surface area contributed by atoms with Gasteiger partial charge in [0, 0.05) is 12.2 Å². The highest BCUT2D eigenvalue weighted by molar-refractivity contribution is 7.80. The van der Waals surface area contributed by atoms with E-state index in [-0.39, 0.29) is 0 Å². The van der Waals surface area contributed by atoms with E-state index in [9.17, 15) is 0 Å². The molecule has 0 bridgehead atoms. The number of thiocarbonyl (C=S) groups is 1. The Bertz CT molecular complexity index is 438. The lowest BCUT2D eigenvalue weighted by atomic mass is 9.86. The SMILES string of the molecule is C/C(=N\NC(=S)N[C@H]1CCCC[C@@H]1C)c1ccc[nH]1. The second kappa shape index (κ2) is 6.70. The molecule has 5 heteroatoms. The van der Waals surface area contributed by atoms with Crippen molar-refractivity contribution >= 4 is 23.0 Å². The first-order valence-electron chi connectivity index (χ1n) is 6.91. The van der Waals surface area contributed by atoms with Crippen LogP contribution in [0.4, 0.5) is 0 Å². The lowest BCUT2D eigenvalue weighted by Crippen LogP contribution is -2.44. The van der Waals surface area contributed by atoms with Gasteiger partial charge in [0.1, 0.15) is 0 Å². The number of rotatable bonds is 3. The average molecular weight is 278 g/mol. The smallest absolute Gasteiger partial charge is 0.187 e. The van der Waals surface area contributed by atoms with E-state index in [1.165, 1.54) is 25.7 Å². The van der Waals surface area contributed by atoms with Crippen molar-refractivity contribution < 1.29 is 0 Å². The zero-order chi connectivity index (χ0) is 13.7. The normalized spacial score (nSPS) is 24.0. The first-order chi connectivity index (χ1) is 9.16. The van der Waals surface area contributed by atoms with Crippen LogP contribution < -0.4 is 10.7 Å². The Hall–Kier alpha value is -1.36. The van der Waals surface area contributed by atoms with Crippen LogP contribution >= 0.6 is 12.2 Å². The van der Waals surface area contributed by atoms with Crippen molar-refractivity contribution in [1.29, 1.82) is 0 Å². The summed E-state index contributed by atoms with van der Waals surface area (Å²) in [4.78, 5) is 3.11. The minimum Gasteiger partial charge on any atom is -0.360 e. The van der Waals surface area contributed by atoms with Crippen LogP contribution in [0.3, 0.4) is 0 Å². The predicted octanol–water partition coefficient (Wildman–Crippen LogP) is 2.78. The molecular weight excluding hydrogens is 256 g/mol. The first kappa shape index (κ1) is 14.1. The van der Waals surface area contributed by atoms with Crippen LogP contribution in [-0.4, -0.2) is 21.8 Å². The molecular formula is C14H22N4S. The van der Waals surface area contributed by atoms with Gasteiger partial charge in [-0.25, -0.2) is 0 Å². The van der Waals surface area contributed by atoms with Crippen LogP contribution in [0.1, 0.15) is 45.2 Å². The van der Waals surface area contributed by atoms with Crippen molar-refractivity contribution in [1.82, 2.24) is 15.7 Å². The van der Waals surface area contributed by atoms with Gasteiger partial charge in [0.2, 0.25) is 0 Å². The molecule has 1 fully saturated rings. The number of nitrogens with zero attached hydrogens (tertiary/aromatic N) is 1. The summed E-state index contributed by atoms with van der Waals surface area (Å²) in [6, 6.07) is 4.42. The van der Waals surface area contributed by atoms with Crippen LogP contribution in [0.2, 0.25) is 0 Å². The number of hydrogen-bond donors (Lipinski definition) is 3. The maximum absolute atomic E-state index is 5.30. The fraction of sp³-hybridized carbons (Fsp3) is 0.571. The molecule has 1 saturated carbocycles. The predicted molar refractivity (Wildman–Crippen MR) is 83.3 cm³/mol. The molecule has 19 heavy (non-hydrogen) atoms. The van der Waals surface area contributed by atoms with Gasteiger partial charge in [0.15, 0.2) is 5.11 Å². The molecule has 4 nitrogen and oxygen atoms in total. The highest BCUT2D eigenvalue weighted by Gasteiger charge is 2.21. The van der Waals surface area contributed by atoms with Crippen LogP contribution in [0.25, 0.3) is 0 Å². The summed E-state index contributed by atoms with van der Waals surface area (Å²) in [6.45, 7) is 4.23. The van der Waals surface area contributed by atoms with Gasteiger partial charge in [0.05, 0.1) is 11.4 Å². The van der Waals surface area contributed by atoms with E-state index in [1.807, 2.05) is 25.3 Å². The Kier molecular flexibility index (Phi) is 4.96. The van der Waals surface area contributed by atoms with E-state index in [1.54, 1.807) is 0 Å². The zero-order valence-electron chi connectivity index (χ0n) is 11.6. The van der Waals surface area contributed by atoms with Crippen molar-refractivity contribution in [3.05, 3.63) is 24.0 Å². The molecule has 0 amide bonds. The van der Waals surface area contributed by atoms with Crippen LogP contribution in [0, 0.1) is 5.92 Å². The number of hydrogen-bond acceptors (Lipinski definition) is 2. The highest BCUT2D eigenvalue weighted by atomic mass is 32.1. The molecule has 0 aromatic carbocycles. The van der Waals surface area contributed by atoms with Gasteiger partial charge in [-0.2, -0.15) is 5.10 Å². The molecule has 1 aromatic rings. The molecule has 0 aliphatic heterocycles. The van der Waals surface area contributed by atoms with Gasteiger partial charge in [0.25, 0.3) is 0 Å². The highest BCUT2D eigenvalue weighted by Crippen LogP contribution is 2.23. The molecule has 2 atom stereocenters. The molecule has 1 heterocycles. The van der Waals surface area contributed by atoms with E-state index in [2.05, 4.69) is 27.8 Å². The van der Waals surface area contributed by atoms with Crippen LogP contribution in [0.15, 0.2) is 23.4 Å². The fourth-order valence-electron chi connectivity index (χ4n) is 2.48. The van der Waals surface area contributed by atoms with E-state index >= 15 is 0 Å². The van der Waals surface area contributed by atoms with Crippen molar-refractivity contribution in [2.24, 2.45) is 11.0 Å². The summed E-state index contributed by atoms with van der Waals surface area (Å²) in [6.07, 6.45) is 6.99. The number of nitrogens with one attached hydrogen (secondary N) is 3. The molecule has 1 aromatic heterocycles. The summed E-state index contributed by atoms with van der Waals surface area (Å²) in [5.74, 6) is 0.682. The van der Waals surface area contributed by atoms with Crippen LogP contribution in [0.5, 0.6) is 0 Å². The summed E-state index contributed by atoms with van der Waals surface area (Å²) >= 11 is 5.30. The maximum atomic E-state index is 5.30. The summed E-state index contributed by atoms with van der Waals surface area (Å²) < 4.78 is 0. The Labute approximate surface area is 120 Å². The lowest BCUT2D eigenvalue weighted by Gasteiger charge is -2.30. The second-order valence-electron chi connectivity index (χ2n) is 5.23. The van der Waals surface area contributed by atoms with Gasteiger partial charge in [-0.3, -0.25) is 5.43 Å². The summed E-state index contributed by atoms with van der Waals surface area (Å²) in [5.41, 5.74) is 4.82.